The van der Waals surface area contributed by atoms with Crippen LogP contribution >= 0.6 is 0 Å². The molecule has 3 nitrogen and oxygen atoms in total. The van der Waals surface area contributed by atoms with Crippen molar-refractivity contribution in [3.05, 3.63) is 52.6 Å². The number of phenols is 1. The molecule has 0 fully saturated rings. The van der Waals surface area contributed by atoms with Crippen molar-refractivity contribution in [1.29, 1.82) is 0 Å². The van der Waals surface area contributed by atoms with Crippen LogP contribution in [0.25, 0.3) is 0 Å². The Morgan fingerprint density at radius 3 is 2.48 bits per heavy atom. The quantitative estimate of drug-likeness (QED) is 0.502. The van der Waals surface area contributed by atoms with Gasteiger partial charge in [-0.2, -0.15) is 0 Å². The molecule has 0 aliphatic rings. The summed E-state index contributed by atoms with van der Waals surface area (Å²) in [5.41, 5.74) is 3.81. The first-order valence-corrected chi connectivity index (χ1v) is 9.13. The summed E-state index contributed by atoms with van der Waals surface area (Å²) in [6.07, 6.45) is 10.6. The van der Waals surface area contributed by atoms with Crippen molar-refractivity contribution in [2.24, 2.45) is 5.92 Å². The van der Waals surface area contributed by atoms with Gasteiger partial charge in [-0.25, -0.2) is 4.79 Å². The third kappa shape index (κ3) is 8.57. The summed E-state index contributed by atoms with van der Waals surface area (Å²) in [6, 6.07) is 4.48. The number of carboxylic acid groups (broad SMARTS) is 1. The Morgan fingerprint density at radius 1 is 1.12 bits per heavy atom. The topological polar surface area (TPSA) is 57.5 Å². The maximum Gasteiger partial charge on any atom is 0.335 e. The van der Waals surface area contributed by atoms with E-state index in [1.165, 1.54) is 23.3 Å². The molecule has 2 N–H and O–H groups in total. The number of aromatic hydroxyl groups is 1. The van der Waals surface area contributed by atoms with Crippen LogP contribution < -0.4 is 0 Å². The number of phenolic OH excluding ortho intramolecular Hbond substituents is 1. The molecule has 1 unspecified atom stereocenters. The summed E-state index contributed by atoms with van der Waals surface area (Å²) >= 11 is 0. The summed E-state index contributed by atoms with van der Waals surface area (Å²) in [6.45, 7) is 8.65. The molecule has 1 aromatic carbocycles. The van der Waals surface area contributed by atoms with Crippen molar-refractivity contribution in [1.82, 2.24) is 0 Å². The number of aryl methyl sites for hydroxylation is 1. The number of benzene rings is 1. The fourth-order valence-corrected chi connectivity index (χ4v) is 2.85. The van der Waals surface area contributed by atoms with E-state index in [-0.39, 0.29) is 5.75 Å². The average molecular weight is 344 g/mol. The molecule has 0 spiro atoms. The first-order valence-electron chi connectivity index (χ1n) is 9.13. The molecule has 0 saturated heterocycles. The Bertz CT molecular complexity index is 622. The molecule has 0 aromatic heterocycles. The second-order valence-electron chi connectivity index (χ2n) is 7.24. The fourth-order valence-electron chi connectivity index (χ4n) is 2.85. The van der Waals surface area contributed by atoms with Gasteiger partial charge in [0.1, 0.15) is 5.75 Å². The molecular weight excluding hydrogens is 312 g/mol. The maximum atomic E-state index is 11.3. The molecule has 0 aliphatic heterocycles. The van der Waals surface area contributed by atoms with Gasteiger partial charge in [0.15, 0.2) is 0 Å². The van der Waals surface area contributed by atoms with Crippen LogP contribution in [0.15, 0.2) is 41.5 Å². The molecule has 0 bridgehead atoms. The van der Waals surface area contributed by atoms with Crippen molar-refractivity contribution >= 4 is 5.97 Å². The number of carboxylic acids is 1. The van der Waals surface area contributed by atoms with Crippen LogP contribution in [0.3, 0.4) is 0 Å². The van der Waals surface area contributed by atoms with Gasteiger partial charge >= 0.3 is 5.97 Å². The Kier molecular flexibility index (Phi) is 9.04. The zero-order valence-electron chi connectivity index (χ0n) is 16.0. The van der Waals surface area contributed by atoms with Crippen LogP contribution in [0.1, 0.15) is 75.7 Å². The zero-order chi connectivity index (χ0) is 18.8. The minimum atomic E-state index is -0.933. The van der Waals surface area contributed by atoms with E-state index in [2.05, 4.69) is 39.8 Å². The second kappa shape index (κ2) is 10.8. The largest absolute Gasteiger partial charge is 0.508 e. The minimum Gasteiger partial charge on any atom is -0.508 e. The predicted molar refractivity (Wildman–Crippen MR) is 104 cm³/mol. The first-order chi connectivity index (χ1) is 11.8. The molecule has 0 amide bonds. The highest BCUT2D eigenvalue weighted by molar-refractivity contribution is 5.89. The van der Waals surface area contributed by atoms with Crippen LogP contribution in [0, 0.1) is 5.92 Å². The number of hydrogen-bond donors (Lipinski definition) is 2. The third-order valence-electron chi connectivity index (χ3n) is 4.47. The van der Waals surface area contributed by atoms with Gasteiger partial charge in [-0.3, -0.25) is 0 Å². The lowest BCUT2D eigenvalue weighted by Gasteiger charge is -2.12. The highest BCUT2D eigenvalue weighted by atomic mass is 16.4. The van der Waals surface area contributed by atoms with E-state index in [0.29, 0.717) is 23.5 Å². The smallest absolute Gasteiger partial charge is 0.335 e. The van der Waals surface area contributed by atoms with Gasteiger partial charge in [-0.15, -0.1) is 0 Å². The predicted octanol–water partition coefficient (Wildman–Crippen LogP) is 6.13. The Balaban J connectivity index is 2.43. The van der Waals surface area contributed by atoms with Gasteiger partial charge in [0, 0.05) is 0 Å². The molecule has 0 heterocycles. The molecule has 3 heteroatoms. The summed E-state index contributed by atoms with van der Waals surface area (Å²) in [5, 5.41) is 18.8. The lowest BCUT2D eigenvalue weighted by Crippen LogP contribution is -2.04. The van der Waals surface area contributed by atoms with Crippen molar-refractivity contribution in [2.75, 3.05) is 0 Å². The number of hydrogen-bond acceptors (Lipinski definition) is 2. The maximum absolute atomic E-state index is 11.3. The van der Waals surface area contributed by atoms with E-state index >= 15 is 0 Å². The van der Waals surface area contributed by atoms with E-state index < -0.39 is 5.97 Å². The van der Waals surface area contributed by atoms with Gasteiger partial charge in [-0.1, -0.05) is 30.2 Å². The fraction of sp³-hybridized carbons (Fsp3) is 0.500. The minimum absolute atomic E-state index is 0.127. The van der Waals surface area contributed by atoms with Crippen LogP contribution in [-0.4, -0.2) is 16.2 Å². The van der Waals surface area contributed by atoms with Gasteiger partial charge in [0.05, 0.1) is 5.56 Å². The zero-order valence-corrected chi connectivity index (χ0v) is 16.0. The molecule has 0 saturated carbocycles. The highest BCUT2D eigenvalue weighted by Gasteiger charge is 2.12. The van der Waals surface area contributed by atoms with Crippen molar-refractivity contribution in [3.8, 4) is 5.75 Å². The molecule has 138 valence electrons. The molecule has 25 heavy (non-hydrogen) atoms. The molecular formula is C22H32O3. The van der Waals surface area contributed by atoms with E-state index in [9.17, 15) is 15.0 Å². The van der Waals surface area contributed by atoms with Gasteiger partial charge in [-0.05, 0) is 89.0 Å². The standard InChI is InChI=1S/C22H32O3/c1-16(2)7-5-8-17(3)9-6-10-18(4)11-12-19-15-20(23)13-14-21(19)22(24)25/h7,9,13-15,18,23H,5-6,8,10-12H2,1-4H3,(H,24,25)/b17-9+. The SMILES string of the molecule is CC(C)=CCC/C(C)=C/CCC(C)CCc1cc(O)ccc1C(=O)O. The summed E-state index contributed by atoms with van der Waals surface area (Å²) < 4.78 is 0. The normalized spacial score (nSPS) is 12.7. The number of carbonyl (C=O) groups is 1. The van der Waals surface area contributed by atoms with E-state index in [1.54, 1.807) is 6.07 Å². The molecule has 0 aliphatic carbocycles. The molecule has 0 radical (unpaired) electrons. The summed E-state index contributed by atoms with van der Waals surface area (Å²) in [7, 11) is 0. The molecule has 1 rings (SSSR count). The van der Waals surface area contributed by atoms with Crippen molar-refractivity contribution < 1.29 is 15.0 Å². The lowest BCUT2D eigenvalue weighted by atomic mass is 9.94. The first kappa shape index (κ1) is 21.0. The molecule has 1 aromatic rings. The second-order valence-corrected chi connectivity index (χ2v) is 7.24. The van der Waals surface area contributed by atoms with Gasteiger partial charge in [0.2, 0.25) is 0 Å². The van der Waals surface area contributed by atoms with Gasteiger partial charge in [0.25, 0.3) is 0 Å². The molecule has 1 atom stereocenters. The van der Waals surface area contributed by atoms with E-state index in [0.717, 1.165) is 32.1 Å². The van der Waals surface area contributed by atoms with E-state index in [4.69, 9.17) is 0 Å². The Morgan fingerprint density at radius 2 is 1.84 bits per heavy atom. The average Bonchev–Trinajstić information content (AvgIpc) is 2.52. The number of allylic oxidation sites excluding steroid dienone is 4. The van der Waals surface area contributed by atoms with Crippen LogP contribution in [0.4, 0.5) is 0 Å². The Labute approximate surface area is 152 Å². The lowest BCUT2D eigenvalue weighted by molar-refractivity contribution is 0.0695. The van der Waals surface area contributed by atoms with Gasteiger partial charge < -0.3 is 10.2 Å². The van der Waals surface area contributed by atoms with Crippen LogP contribution in [-0.2, 0) is 6.42 Å². The van der Waals surface area contributed by atoms with Crippen molar-refractivity contribution in [3.63, 3.8) is 0 Å². The number of aromatic carboxylic acids is 1. The Hall–Kier alpha value is -2.03. The van der Waals surface area contributed by atoms with E-state index in [1.807, 2.05) is 0 Å². The van der Waals surface area contributed by atoms with Crippen molar-refractivity contribution in [2.45, 2.75) is 66.2 Å². The monoisotopic (exact) mass is 344 g/mol. The third-order valence-corrected chi connectivity index (χ3v) is 4.47. The summed E-state index contributed by atoms with van der Waals surface area (Å²) in [5.74, 6) is -0.286. The highest BCUT2D eigenvalue weighted by Crippen LogP contribution is 2.22. The summed E-state index contributed by atoms with van der Waals surface area (Å²) in [4.78, 5) is 11.3. The van der Waals surface area contributed by atoms with Crippen LogP contribution in [0.5, 0.6) is 5.75 Å². The van der Waals surface area contributed by atoms with Crippen LogP contribution in [0.2, 0.25) is 0 Å². The number of rotatable bonds is 10.